The summed E-state index contributed by atoms with van der Waals surface area (Å²) in [6.07, 6.45) is 2.24. The summed E-state index contributed by atoms with van der Waals surface area (Å²) in [5.41, 5.74) is 1.18. The molecular formula is C21H25ClFIN6O. The van der Waals surface area contributed by atoms with Crippen LogP contribution in [0.3, 0.4) is 0 Å². The average molecular weight is 559 g/mol. The van der Waals surface area contributed by atoms with Gasteiger partial charge in [0.25, 0.3) is 5.89 Å². The number of benzene rings is 1. The minimum Gasteiger partial charge on any atom is -0.356 e. The Morgan fingerprint density at radius 3 is 2.71 bits per heavy atom. The van der Waals surface area contributed by atoms with Crippen molar-refractivity contribution in [1.82, 2.24) is 25.8 Å². The predicted octanol–water partition coefficient (Wildman–Crippen LogP) is 4.23. The van der Waals surface area contributed by atoms with Crippen LogP contribution in [0.1, 0.15) is 25.2 Å². The van der Waals surface area contributed by atoms with Gasteiger partial charge in [0.15, 0.2) is 11.8 Å². The molecule has 0 bridgehead atoms. The Hall–Kier alpha value is -2.27. The van der Waals surface area contributed by atoms with E-state index in [-0.39, 0.29) is 35.2 Å². The molecule has 0 saturated carbocycles. The summed E-state index contributed by atoms with van der Waals surface area (Å²) in [7, 11) is 1.70. The second-order valence-electron chi connectivity index (χ2n) is 7.34. The number of aliphatic imine (C=N–C) groups is 1. The molecule has 31 heavy (non-hydrogen) atoms. The standard InChI is InChI=1S/C21H24ClFN6O.HI/c1-21(2,15-8-7-14(23)12-16(15)22)13-27-20(24-3)26-11-9-18-28-19(30-29-18)17-6-4-5-10-25-17;/h4-8,10,12H,9,11,13H2,1-3H3,(H2,24,26,27);1H. The van der Waals surface area contributed by atoms with Crippen LogP contribution in [0.5, 0.6) is 0 Å². The van der Waals surface area contributed by atoms with Crippen molar-refractivity contribution < 1.29 is 8.91 Å². The number of hydrogen-bond donors (Lipinski definition) is 2. The van der Waals surface area contributed by atoms with Gasteiger partial charge in [-0.1, -0.05) is 42.7 Å². The lowest BCUT2D eigenvalue weighted by Crippen LogP contribution is -2.44. The molecular weight excluding hydrogens is 534 g/mol. The normalized spacial score (nSPS) is 11.7. The first kappa shape index (κ1) is 25.0. The maximum Gasteiger partial charge on any atom is 0.276 e. The van der Waals surface area contributed by atoms with Gasteiger partial charge >= 0.3 is 0 Å². The maximum absolute atomic E-state index is 13.3. The molecule has 0 atom stereocenters. The van der Waals surface area contributed by atoms with Crippen LogP contribution >= 0.6 is 35.6 Å². The summed E-state index contributed by atoms with van der Waals surface area (Å²) in [4.78, 5) is 12.8. The van der Waals surface area contributed by atoms with Crippen LogP contribution in [0.25, 0.3) is 11.6 Å². The molecule has 0 aliphatic heterocycles. The molecule has 2 N–H and O–H groups in total. The molecule has 0 spiro atoms. The second kappa shape index (κ2) is 11.4. The fourth-order valence-corrected chi connectivity index (χ4v) is 3.32. The monoisotopic (exact) mass is 558 g/mol. The van der Waals surface area contributed by atoms with Crippen LogP contribution in [0.15, 0.2) is 52.1 Å². The van der Waals surface area contributed by atoms with Crippen molar-refractivity contribution in [3.05, 3.63) is 64.8 Å². The van der Waals surface area contributed by atoms with E-state index in [0.29, 0.717) is 47.9 Å². The first-order valence-corrected chi connectivity index (χ1v) is 9.91. The van der Waals surface area contributed by atoms with Crippen LogP contribution in [0.4, 0.5) is 4.39 Å². The number of guanidine groups is 1. The predicted molar refractivity (Wildman–Crippen MR) is 130 cm³/mol. The zero-order valence-electron chi connectivity index (χ0n) is 17.5. The Morgan fingerprint density at radius 1 is 1.23 bits per heavy atom. The highest BCUT2D eigenvalue weighted by molar-refractivity contribution is 14.0. The third-order valence-electron chi connectivity index (χ3n) is 4.57. The second-order valence-corrected chi connectivity index (χ2v) is 7.75. The number of pyridine rings is 1. The number of rotatable bonds is 7. The van der Waals surface area contributed by atoms with Gasteiger partial charge in [-0.05, 0) is 29.8 Å². The third-order valence-corrected chi connectivity index (χ3v) is 4.89. The van der Waals surface area contributed by atoms with E-state index in [4.69, 9.17) is 16.1 Å². The van der Waals surface area contributed by atoms with Crippen LogP contribution in [-0.2, 0) is 11.8 Å². The first-order valence-electron chi connectivity index (χ1n) is 9.53. The van der Waals surface area contributed by atoms with Crippen molar-refractivity contribution in [3.63, 3.8) is 0 Å². The molecule has 1 aromatic carbocycles. The SMILES string of the molecule is CN=C(NCCc1noc(-c2ccccn2)n1)NCC(C)(C)c1ccc(F)cc1Cl.I. The fourth-order valence-electron chi connectivity index (χ4n) is 2.90. The smallest absolute Gasteiger partial charge is 0.276 e. The van der Waals surface area contributed by atoms with E-state index in [1.54, 1.807) is 19.3 Å². The van der Waals surface area contributed by atoms with Crippen molar-refractivity contribution >= 4 is 41.5 Å². The molecule has 3 rings (SSSR count). The Balaban J connectivity index is 0.00000341. The number of aromatic nitrogens is 3. The summed E-state index contributed by atoms with van der Waals surface area (Å²) in [5, 5.41) is 10.9. The first-order chi connectivity index (χ1) is 14.4. The van der Waals surface area contributed by atoms with Crippen molar-refractivity contribution in [2.24, 2.45) is 4.99 Å². The summed E-state index contributed by atoms with van der Waals surface area (Å²) < 4.78 is 18.6. The fraction of sp³-hybridized carbons (Fsp3) is 0.333. The molecule has 166 valence electrons. The molecule has 0 fully saturated rings. The molecule has 0 aliphatic rings. The lowest BCUT2D eigenvalue weighted by Gasteiger charge is -2.27. The van der Waals surface area contributed by atoms with Gasteiger partial charge in [0.2, 0.25) is 0 Å². The Labute approximate surface area is 202 Å². The molecule has 0 radical (unpaired) electrons. The van der Waals surface area contributed by atoms with Gasteiger partial charge in [0.1, 0.15) is 11.5 Å². The molecule has 2 aromatic heterocycles. The zero-order chi connectivity index (χ0) is 21.6. The quantitative estimate of drug-likeness (QED) is 0.256. The Morgan fingerprint density at radius 2 is 2.03 bits per heavy atom. The molecule has 0 aliphatic carbocycles. The van der Waals surface area contributed by atoms with Crippen molar-refractivity contribution in [1.29, 1.82) is 0 Å². The van der Waals surface area contributed by atoms with E-state index >= 15 is 0 Å². The number of halogens is 3. The van der Waals surface area contributed by atoms with Gasteiger partial charge in [0, 0.05) is 43.2 Å². The summed E-state index contributed by atoms with van der Waals surface area (Å²) in [5.74, 6) is 1.26. The molecule has 0 saturated heterocycles. The zero-order valence-corrected chi connectivity index (χ0v) is 20.6. The Bertz CT molecular complexity index is 1010. The number of nitrogens with zero attached hydrogens (tertiary/aromatic N) is 4. The molecule has 0 unspecified atom stereocenters. The third kappa shape index (κ3) is 6.86. The van der Waals surface area contributed by atoms with Crippen LogP contribution in [-0.4, -0.2) is 41.2 Å². The van der Waals surface area contributed by atoms with Gasteiger partial charge in [-0.3, -0.25) is 9.98 Å². The summed E-state index contributed by atoms with van der Waals surface area (Å²) in [6.45, 7) is 5.19. The minimum absolute atomic E-state index is 0. The van der Waals surface area contributed by atoms with Gasteiger partial charge in [-0.2, -0.15) is 4.98 Å². The van der Waals surface area contributed by atoms with Crippen molar-refractivity contribution in [3.8, 4) is 11.6 Å². The highest BCUT2D eigenvalue weighted by Crippen LogP contribution is 2.29. The van der Waals surface area contributed by atoms with E-state index in [1.807, 2.05) is 32.0 Å². The highest BCUT2D eigenvalue weighted by Gasteiger charge is 2.24. The van der Waals surface area contributed by atoms with E-state index in [9.17, 15) is 4.39 Å². The van der Waals surface area contributed by atoms with Gasteiger partial charge in [-0.25, -0.2) is 4.39 Å². The largest absolute Gasteiger partial charge is 0.356 e. The molecule has 2 heterocycles. The van der Waals surface area contributed by atoms with E-state index in [2.05, 4.69) is 30.8 Å². The molecule has 3 aromatic rings. The van der Waals surface area contributed by atoms with Crippen LogP contribution in [0, 0.1) is 5.82 Å². The molecule has 7 nitrogen and oxygen atoms in total. The topological polar surface area (TPSA) is 88.2 Å². The van der Waals surface area contributed by atoms with Crippen molar-refractivity contribution in [2.45, 2.75) is 25.7 Å². The Kier molecular flexibility index (Phi) is 9.17. The van der Waals surface area contributed by atoms with Crippen LogP contribution in [0.2, 0.25) is 5.02 Å². The molecule has 10 heteroatoms. The average Bonchev–Trinajstić information content (AvgIpc) is 3.20. The van der Waals surface area contributed by atoms with Crippen molar-refractivity contribution in [2.75, 3.05) is 20.1 Å². The van der Waals surface area contributed by atoms with E-state index < -0.39 is 0 Å². The molecule has 0 amide bonds. The van der Waals surface area contributed by atoms with Gasteiger partial charge in [0.05, 0.1) is 0 Å². The lowest BCUT2D eigenvalue weighted by atomic mass is 9.84. The maximum atomic E-state index is 13.3. The van der Waals surface area contributed by atoms with E-state index in [1.165, 1.54) is 12.1 Å². The van der Waals surface area contributed by atoms with Gasteiger partial charge < -0.3 is 15.2 Å². The van der Waals surface area contributed by atoms with Gasteiger partial charge in [-0.15, -0.1) is 24.0 Å². The highest BCUT2D eigenvalue weighted by atomic mass is 127. The number of nitrogens with one attached hydrogen (secondary N) is 2. The van der Waals surface area contributed by atoms with Crippen LogP contribution < -0.4 is 10.6 Å². The minimum atomic E-state index is -0.349. The summed E-state index contributed by atoms with van der Waals surface area (Å²) >= 11 is 6.22. The number of hydrogen-bond acceptors (Lipinski definition) is 5. The van der Waals surface area contributed by atoms with E-state index in [0.717, 1.165) is 5.56 Å². The summed E-state index contributed by atoms with van der Waals surface area (Å²) in [6, 6.07) is 9.97. The lowest BCUT2D eigenvalue weighted by molar-refractivity contribution is 0.421.